The number of hydrogen-bond acceptors (Lipinski definition) is 5. The SMILES string of the molecule is CCCn1nc(C)c([N+](=O)[O-])c1NCCCCC(N)=O. The van der Waals surface area contributed by atoms with Crippen LogP contribution in [0.25, 0.3) is 0 Å². The maximum absolute atomic E-state index is 11.1. The van der Waals surface area contributed by atoms with Gasteiger partial charge in [-0.2, -0.15) is 5.10 Å². The number of unbranched alkanes of at least 4 members (excludes halogenated alkanes) is 1. The Labute approximate surface area is 117 Å². The van der Waals surface area contributed by atoms with E-state index >= 15 is 0 Å². The zero-order valence-electron chi connectivity index (χ0n) is 11.9. The Morgan fingerprint density at radius 3 is 2.75 bits per heavy atom. The molecule has 8 heteroatoms. The average molecular weight is 283 g/mol. The van der Waals surface area contributed by atoms with Crippen LogP contribution in [0, 0.1) is 17.0 Å². The summed E-state index contributed by atoms with van der Waals surface area (Å²) in [4.78, 5) is 21.3. The summed E-state index contributed by atoms with van der Waals surface area (Å²) in [5.41, 5.74) is 5.48. The molecule has 112 valence electrons. The molecule has 1 heterocycles. The van der Waals surface area contributed by atoms with Crippen molar-refractivity contribution in [2.45, 2.75) is 46.1 Å². The molecule has 0 fully saturated rings. The number of aryl methyl sites for hydroxylation is 2. The minimum Gasteiger partial charge on any atom is -0.370 e. The zero-order valence-corrected chi connectivity index (χ0v) is 11.9. The first-order valence-corrected chi connectivity index (χ1v) is 6.71. The summed E-state index contributed by atoms with van der Waals surface area (Å²) in [5.74, 6) is 0.108. The number of rotatable bonds is 9. The van der Waals surface area contributed by atoms with Gasteiger partial charge in [0, 0.05) is 19.5 Å². The highest BCUT2D eigenvalue weighted by molar-refractivity contribution is 5.73. The van der Waals surface area contributed by atoms with E-state index < -0.39 is 4.92 Å². The monoisotopic (exact) mass is 283 g/mol. The predicted molar refractivity (Wildman–Crippen MR) is 75.4 cm³/mol. The third kappa shape index (κ3) is 4.22. The Bertz CT molecular complexity index is 484. The first kappa shape index (κ1) is 15.9. The molecule has 1 rings (SSSR count). The largest absolute Gasteiger partial charge is 0.370 e. The van der Waals surface area contributed by atoms with E-state index in [2.05, 4.69) is 10.4 Å². The summed E-state index contributed by atoms with van der Waals surface area (Å²) in [6.45, 7) is 4.78. The highest BCUT2D eigenvalue weighted by atomic mass is 16.6. The molecule has 0 aliphatic heterocycles. The van der Waals surface area contributed by atoms with E-state index in [4.69, 9.17) is 5.73 Å². The third-order valence-electron chi connectivity index (χ3n) is 2.86. The van der Waals surface area contributed by atoms with Gasteiger partial charge in [-0.05, 0) is 26.2 Å². The van der Waals surface area contributed by atoms with E-state index in [9.17, 15) is 14.9 Å². The Balaban J connectivity index is 2.70. The maximum Gasteiger partial charge on any atom is 0.333 e. The number of nitrogens with zero attached hydrogens (tertiary/aromatic N) is 3. The molecule has 0 aromatic carbocycles. The molecule has 20 heavy (non-hydrogen) atoms. The van der Waals surface area contributed by atoms with Gasteiger partial charge < -0.3 is 11.1 Å². The van der Waals surface area contributed by atoms with E-state index in [0.717, 1.165) is 12.8 Å². The van der Waals surface area contributed by atoms with Crippen molar-refractivity contribution in [2.24, 2.45) is 5.73 Å². The smallest absolute Gasteiger partial charge is 0.333 e. The third-order valence-corrected chi connectivity index (χ3v) is 2.86. The van der Waals surface area contributed by atoms with Gasteiger partial charge in [-0.1, -0.05) is 6.92 Å². The van der Waals surface area contributed by atoms with E-state index in [1.807, 2.05) is 6.92 Å². The van der Waals surface area contributed by atoms with E-state index in [1.165, 1.54) is 0 Å². The quantitative estimate of drug-likeness (QED) is 0.405. The Morgan fingerprint density at radius 1 is 1.50 bits per heavy atom. The van der Waals surface area contributed by atoms with Gasteiger partial charge in [0.05, 0.1) is 4.92 Å². The number of nitrogens with one attached hydrogen (secondary N) is 1. The molecular formula is C12H21N5O3. The number of anilines is 1. The van der Waals surface area contributed by atoms with Crippen LogP contribution in [-0.2, 0) is 11.3 Å². The lowest BCUT2D eigenvalue weighted by Crippen LogP contribution is -2.13. The van der Waals surface area contributed by atoms with Crippen LogP contribution in [-0.4, -0.2) is 27.2 Å². The van der Waals surface area contributed by atoms with Gasteiger partial charge in [-0.15, -0.1) is 0 Å². The molecule has 1 aromatic heterocycles. The van der Waals surface area contributed by atoms with Gasteiger partial charge in [0.2, 0.25) is 11.7 Å². The summed E-state index contributed by atoms with van der Waals surface area (Å²) in [6.07, 6.45) is 2.55. The predicted octanol–water partition coefficient (Wildman–Crippen LogP) is 1.58. The number of nitrogens with two attached hydrogens (primary N) is 1. The highest BCUT2D eigenvalue weighted by Gasteiger charge is 2.24. The van der Waals surface area contributed by atoms with Gasteiger partial charge in [-0.3, -0.25) is 14.9 Å². The number of carbonyl (C=O) groups excluding carboxylic acids is 1. The fourth-order valence-electron chi connectivity index (χ4n) is 1.97. The summed E-state index contributed by atoms with van der Waals surface area (Å²) in [6, 6.07) is 0. The normalized spacial score (nSPS) is 10.5. The topological polar surface area (TPSA) is 116 Å². The van der Waals surface area contributed by atoms with Gasteiger partial charge in [0.25, 0.3) is 0 Å². The molecule has 0 radical (unpaired) electrons. The van der Waals surface area contributed by atoms with Gasteiger partial charge >= 0.3 is 5.69 Å². The number of amides is 1. The maximum atomic E-state index is 11.1. The number of primary amides is 1. The molecule has 1 aromatic rings. The Kier molecular flexibility index (Phi) is 5.95. The van der Waals surface area contributed by atoms with Gasteiger partial charge in [-0.25, -0.2) is 4.68 Å². The van der Waals surface area contributed by atoms with E-state index in [1.54, 1.807) is 11.6 Å². The van der Waals surface area contributed by atoms with Crippen molar-refractivity contribution in [3.05, 3.63) is 15.8 Å². The Morgan fingerprint density at radius 2 is 2.20 bits per heavy atom. The molecule has 0 saturated carbocycles. The van der Waals surface area contributed by atoms with Crippen LogP contribution in [0.1, 0.15) is 38.3 Å². The second kappa shape index (κ2) is 7.46. The molecule has 0 saturated heterocycles. The number of aromatic nitrogens is 2. The van der Waals surface area contributed by atoms with E-state index in [0.29, 0.717) is 37.4 Å². The molecule has 0 spiro atoms. The summed E-state index contributed by atoms with van der Waals surface area (Å²) in [5, 5.41) is 18.3. The highest BCUT2D eigenvalue weighted by Crippen LogP contribution is 2.28. The number of carbonyl (C=O) groups is 1. The minimum absolute atomic E-state index is 0.0216. The number of hydrogen-bond donors (Lipinski definition) is 2. The second-order valence-electron chi connectivity index (χ2n) is 4.61. The lowest BCUT2D eigenvalue weighted by Gasteiger charge is -2.08. The fourth-order valence-corrected chi connectivity index (χ4v) is 1.97. The summed E-state index contributed by atoms with van der Waals surface area (Å²) in [7, 11) is 0. The molecule has 3 N–H and O–H groups in total. The van der Waals surface area contributed by atoms with Crippen molar-refractivity contribution < 1.29 is 9.72 Å². The molecule has 0 atom stereocenters. The van der Waals surface area contributed by atoms with Crippen molar-refractivity contribution >= 4 is 17.4 Å². The van der Waals surface area contributed by atoms with Crippen LogP contribution in [0.4, 0.5) is 11.5 Å². The van der Waals surface area contributed by atoms with Crippen molar-refractivity contribution in [3.63, 3.8) is 0 Å². The number of nitro groups is 1. The lowest BCUT2D eigenvalue weighted by atomic mass is 10.2. The van der Waals surface area contributed by atoms with Crippen molar-refractivity contribution in [3.8, 4) is 0 Å². The van der Waals surface area contributed by atoms with Crippen LogP contribution in [0.5, 0.6) is 0 Å². The van der Waals surface area contributed by atoms with Crippen LogP contribution < -0.4 is 11.1 Å². The summed E-state index contributed by atoms with van der Waals surface area (Å²) < 4.78 is 1.63. The minimum atomic E-state index is -0.416. The fraction of sp³-hybridized carbons (Fsp3) is 0.667. The van der Waals surface area contributed by atoms with Gasteiger partial charge in [0.15, 0.2) is 0 Å². The van der Waals surface area contributed by atoms with Crippen molar-refractivity contribution in [1.29, 1.82) is 0 Å². The average Bonchev–Trinajstić information content (AvgIpc) is 2.65. The molecule has 0 aliphatic rings. The lowest BCUT2D eigenvalue weighted by molar-refractivity contribution is -0.384. The van der Waals surface area contributed by atoms with Crippen LogP contribution in [0.15, 0.2) is 0 Å². The molecular weight excluding hydrogens is 262 g/mol. The molecule has 0 bridgehead atoms. The first-order chi connectivity index (χ1) is 9.47. The first-order valence-electron chi connectivity index (χ1n) is 6.71. The molecule has 1 amide bonds. The van der Waals surface area contributed by atoms with Gasteiger partial charge in [0.1, 0.15) is 5.69 Å². The van der Waals surface area contributed by atoms with E-state index in [-0.39, 0.29) is 11.6 Å². The van der Waals surface area contributed by atoms with Crippen LogP contribution >= 0.6 is 0 Å². The van der Waals surface area contributed by atoms with Crippen LogP contribution in [0.2, 0.25) is 0 Å². The molecule has 0 unspecified atom stereocenters. The van der Waals surface area contributed by atoms with Crippen molar-refractivity contribution in [2.75, 3.05) is 11.9 Å². The summed E-state index contributed by atoms with van der Waals surface area (Å²) >= 11 is 0. The Hall–Kier alpha value is -2.12. The van der Waals surface area contributed by atoms with Crippen LogP contribution in [0.3, 0.4) is 0 Å². The zero-order chi connectivity index (χ0) is 15.1. The standard InChI is InChI=1S/C12H21N5O3/c1-3-8-16-12(11(17(19)20)9(2)15-16)14-7-5-4-6-10(13)18/h14H,3-8H2,1-2H3,(H2,13,18). The molecule has 0 aliphatic carbocycles. The second-order valence-corrected chi connectivity index (χ2v) is 4.61. The molecule has 8 nitrogen and oxygen atoms in total. The van der Waals surface area contributed by atoms with Crippen molar-refractivity contribution in [1.82, 2.24) is 9.78 Å².